The molecular weight excluding hydrogens is 545 g/mol. The number of likely N-dealkylation sites (N-methyl/N-ethyl adjacent to an activating group) is 1. The van der Waals surface area contributed by atoms with Gasteiger partial charge in [-0.15, -0.1) is 10.2 Å². The predicted molar refractivity (Wildman–Crippen MR) is 152 cm³/mol. The number of piperazine rings is 1. The SMILES string of the molecule is CC(C)[C@H]1CN(C)CCN1Cc1cc2c(c(C(F)(F)F)c1)CN(c1cccc([C@@H](c3nncn3C)C3COC3)c1)C2=O. The molecule has 0 spiro atoms. The summed E-state index contributed by atoms with van der Waals surface area (Å²) in [6.45, 7) is 8.17. The quantitative estimate of drug-likeness (QED) is 0.408. The van der Waals surface area contributed by atoms with E-state index >= 15 is 0 Å². The van der Waals surface area contributed by atoms with E-state index in [2.05, 4.69) is 40.9 Å². The van der Waals surface area contributed by atoms with Crippen molar-refractivity contribution in [2.45, 2.75) is 45.1 Å². The molecule has 4 heterocycles. The highest BCUT2D eigenvalue weighted by Gasteiger charge is 2.41. The van der Waals surface area contributed by atoms with Crippen molar-refractivity contribution in [3.63, 3.8) is 0 Å². The summed E-state index contributed by atoms with van der Waals surface area (Å²) in [5.74, 6) is 0.810. The van der Waals surface area contributed by atoms with Crippen LogP contribution in [0.15, 0.2) is 42.7 Å². The second kappa shape index (κ2) is 11.1. The van der Waals surface area contributed by atoms with Crippen LogP contribution in [-0.2, 0) is 31.1 Å². The normalized spacial score (nSPS) is 21.2. The molecule has 11 heteroatoms. The van der Waals surface area contributed by atoms with Crippen molar-refractivity contribution in [1.82, 2.24) is 24.6 Å². The number of halogens is 3. The minimum Gasteiger partial charge on any atom is -0.381 e. The summed E-state index contributed by atoms with van der Waals surface area (Å²) in [4.78, 5) is 19.8. The number of ether oxygens (including phenoxy) is 1. The van der Waals surface area contributed by atoms with E-state index < -0.39 is 17.6 Å². The minimum atomic E-state index is -4.57. The zero-order valence-corrected chi connectivity index (χ0v) is 24.4. The zero-order valence-electron chi connectivity index (χ0n) is 24.4. The Kier molecular flexibility index (Phi) is 7.61. The minimum absolute atomic E-state index is 0.0395. The molecule has 0 bridgehead atoms. The van der Waals surface area contributed by atoms with Gasteiger partial charge in [-0.25, -0.2) is 0 Å². The van der Waals surface area contributed by atoms with Gasteiger partial charge in [-0.1, -0.05) is 26.0 Å². The maximum absolute atomic E-state index is 14.4. The summed E-state index contributed by atoms with van der Waals surface area (Å²) >= 11 is 0. The number of hydrogen-bond donors (Lipinski definition) is 0. The fourth-order valence-electron chi connectivity index (χ4n) is 6.61. The predicted octanol–water partition coefficient (Wildman–Crippen LogP) is 4.54. The molecule has 224 valence electrons. The Hall–Kier alpha value is -3.28. The van der Waals surface area contributed by atoms with Crippen molar-refractivity contribution in [2.24, 2.45) is 18.9 Å². The van der Waals surface area contributed by atoms with Crippen LogP contribution in [0.25, 0.3) is 0 Å². The summed E-state index contributed by atoms with van der Waals surface area (Å²) in [6, 6.07) is 10.7. The molecule has 0 saturated carbocycles. The molecule has 2 atom stereocenters. The van der Waals surface area contributed by atoms with Crippen molar-refractivity contribution in [3.8, 4) is 0 Å². The Labute approximate surface area is 244 Å². The van der Waals surface area contributed by atoms with Gasteiger partial charge < -0.3 is 19.1 Å². The second-order valence-corrected chi connectivity index (χ2v) is 12.3. The van der Waals surface area contributed by atoms with Gasteiger partial charge in [-0.05, 0) is 53.9 Å². The Morgan fingerprint density at radius 2 is 1.88 bits per heavy atom. The number of aromatic nitrogens is 3. The summed E-state index contributed by atoms with van der Waals surface area (Å²) < 4.78 is 50.6. The fourth-order valence-corrected chi connectivity index (χ4v) is 6.61. The number of aryl methyl sites for hydroxylation is 1. The monoisotopic (exact) mass is 582 g/mol. The number of amides is 1. The first-order valence-corrected chi connectivity index (χ1v) is 14.5. The van der Waals surface area contributed by atoms with Gasteiger partial charge in [0.05, 0.1) is 31.2 Å². The van der Waals surface area contributed by atoms with Crippen LogP contribution in [0.3, 0.4) is 0 Å². The average Bonchev–Trinajstić information content (AvgIpc) is 3.48. The number of alkyl halides is 3. The molecule has 0 unspecified atom stereocenters. The van der Waals surface area contributed by atoms with Crippen LogP contribution in [0.5, 0.6) is 0 Å². The molecule has 3 aliphatic heterocycles. The van der Waals surface area contributed by atoms with Crippen molar-refractivity contribution < 1.29 is 22.7 Å². The van der Waals surface area contributed by atoms with E-state index in [-0.39, 0.29) is 35.5 Å². The number of benzene rings is 2. The van der Waals surface area contributed by atoms with Crippen LogP contribution in [0, 0.1) is 11.8 Å². The van der Waals surface area contributed by atoms with Gasteiger partial charge in [-0.2, -0.15) is 13.2 Å². The van der Waals surface area contributed by atoms with Crippen LogP contribution in [0.1, 0.15) is 58.2 Å². The number of carbonyl (C=O) groups is 1. The summed E-state index contributed by atoms with van der Waals surface area (Å²) in [7, 11) is 3.95. The lowest BCUT2D eigenvalue weighted by atomic mass is 9.83. The number of hydrogen-bond acceptors (Lipinski definition) is 6. The molecule has 2 aromatic carbocycles. The smallest absolute Gasteiger partial charge is 0.381 e. The first kappa shape index (κ1) is 28.8. The first-order valence-electron chi connectivity index (χ1n) is 14.5. The van der Waals surface area contributed by atoms with Crippen LogP contribution in [-0.4, -0.2) is 76.4 Å². The summed E-state index contributed by atoms with van der Waals surface area (Å²) in [5, 5.41) is 8.38. The van der Waals surface area contributed by atoms with E-state index in [1.165, 1.54) is 11.0 Å². The van der Waals surface area contributed by atoms with Gasteiger partial charge in [0.2, 0.25) is 0 Å². The molecule has 0 N–H and O–H groups in total. The summed E-state index contributed by atoms with van der Waals surface area (Å²) in [6.07, 6.45) is -2.92. The Balaban J connectivity index is 1.33. The van der Waals surface area contributed by atoms with E-state index in [1.807, 2.05) is 29.8 Å². The van der Waals surface area contributed by atoms with E-state index in [9.17, 15) is 18.0 Å². The maximum atomic E-state index is 14.4. The standard InChI is InChI=1S/C31H37F3N6O2/c1-19(2)27-15-37(3)8-9-39(27)13-20-10-24-25(26(11-20)31(32,33)34)14-40(30(24)41)23-7-5-6-21(12-23)28(22-16-42-17-22)29-36-35-18-38(29)4/h5-7,10-12,18-19,22,27-28H,8-9,13-17H2,1-4H3/t27-,28-/m1/s1. The number of carbonyl (C=O) groups excluding carboxylic acids is 1. The van der Waals surface area contributed by atoms with Gasteiger partial charge in [0.15, 0.2) is 0 Å². The summed E-state index contributed by atoms with van der Waals surface area (Å²) in [5.41, 5.74) is 1.46. The van der Waals surface area contributed by atoms with Crippen LogP contribution in [0.4, 0.5) is 18.9 Å². The van der Waals surface area contributed by atoms with Gasteiger partial charge in [0.1, 0.15) is 12.2 Å². The highest BCUT2D eigenvalue weighted by molar-refractivity contribution is 6.10. The maximum Gasteiger partial charge on any atom is 0.416 e. The highest BCUT2D eigenvalue weighted by atomic mass is 19.4. The van der Waals surface area contributed by atoms with Crippen molar-refractivity contribution in [1.29, 1.82) is 0 Å². The number of nitrogens with zero attached hydrogens (tertiary/aromatic N) is 6. The molecule has 2 fully saturated rings. The Bertz CT molecular complexity index is 1470. The number of anilines is 1. The highest BCUT2D eigenvalue weighted by Crippen LogP contribution is 2.41. The topological polar surface area (TPSA) is 66.7 Å². The lowest BCUT2D eigenvalue weighted by Crippen LogP contribution is -2.53. The lowest BCUT2D eigenvalue weighted by molar-refractivity contribution is -0.138. The van der Waals surface area contributed by atoms with E-state index in [0.29, 0.717) is 36.9 Å². The second-order valence-electron chi connectivity index (χ2n) is 12.3. The van der Waals surface area contributed by atoms with Gasteiger partial charge in [-0.3, -0.25) is 9.69 Å². The van der Waals surface area contributed by atoms with Crippen molar-refractivity contribution in [3.05, 3.63) is 76.4 Å². The molecule has 3 aromatic rings. The van der Waals surface area contributed by atoms with Gasteiger partial charge in [0.25, 0.3) is 5.91 Å². The molecule has 6 rings (SSSR count). The molecule has 1 amide bonds. The van der Waals surface area contributed by atoms with Crippen LogP contribution in [0.2, 0.25) is 0 Å². The Morgan fingerprint density at radius 1 is 1.10 bits per heavy atom. The number of rotatable bonds is 7. The van der Waals surface area contributed by atoms with E-state index in [4.69, 9.17) is 4.74 Å². The molecular formula is C31H37F3N6O2. The zero-order chi connectivity index (χ0) is 29.8. The van der Waals surface area contributed by atoms with Crippen LogP contribution >= 0.6 is 0 Å². The van der Waals surface area contributed by atoms with Crippen LogP contribution < -0.4 is 4.90 Å². The third kappa shape index (κ3) is 5.33. The lowest BCUT2D eigenvalue weighted by Gasteiger charge is -2.42. The first-order chi connectivity index (χ1) is 20.0. The molecule has 0 aliphatic carbocycles. The number of fused-ring (bicyclic) bond motifs is 1. The molecule has 42 heavy (non-hydrogen) atoms. The van der Waals surface area contributed by atoms with Gasteiger partial charge >= 0.3 is 6.18 Å². The average molecular weight is 583 g/mol. The third-order valence-corrected chi connectivity index (χ3v) is 9.00. The molecule has 0 radical (unpaired) electrons. The van der Waals surface area contributed by atoms with Crippen molar-refractivity contribution >= 4 is 11.6 Å². The molecule has 1 aromatic heterocycles. The van der Waals surface area contributed by atoms with E-state index in [0.717, 1.165) is 31.0 Å². The Morgan fingerprint density at radius 3 is 2.52 bits per heavy atom. The van der Waals surface area contributed by atoms with Crippen molar-refractivity contribution in [2.75, 3.05) is 44.8 Å². The fraction of sp³-hybridized carbons (Fsp3) is 0.516. The molecule has 3 aliphatic rings. The van der Waals surface area contributed by atoms with Gasteiger partial charge in [0, 0.05) is 56.4 Å². The third-order valence-electron chi connectivity index (χ3n) is 9.00. The largest absolute Gasteiger partial charge is 0.416 e. The van der Waals surface area contributed by atoms with E-state index in [1.54, 1.807) is 18.5 Å². The molecule has 8 nitrogen and oxygen atoms in total. The molecule has 2 saturated heterocycles.